The number of carbonyl (C=O) groups excluding carboxylic acids is 1. The molecule has 0 aliphatic carbocycles. The molecule has 1 atom stereocenters. The van der Waals surface area contributed by atoms with Gasteiger partial charge in [-0.15, -0.1) is 0 Å². The van der Waals surface area contributed by atoms with Crippen LogP contribution in [0, 0.1) is 0 Å². The molecule has 1 aliphatic rings. The van der Waals surface area contributed by atoms with Crippen molar-refractivity contribution in [1.82, 2.24) is 0 Å². The van der Waals surface area contributed by atoms with Crippen molar-refractivity contribution in [2.75, 3.05) is 6.61 Å². The van der Waals surface area contributed by atoms with E-state index in [1.165, 1.54) is 5.56 Å². The normalized spacial score (nSPS) is 21.1. The van der Waals surface area contributed by atoms with Crippen LogP contribution in [0.1, 0.15) is 36.8 Å². The molecule has 0 N–H and O–H groups in total. The molecule has 80 valence electrons. The maximum absolute atomic E-state index is 11.5. The van der Waals surface area contributed by atoms with Crippen molar-refractivity contribution in [3.63, 3.8) is 0 Å². The Labute approximate surface area is 90.3 Å². The lowest BCUT2D eigenvalue weighted by molar-refractivity contribution is -0.149. The molecule has 15 heavy (non-hydrogen) atoms. The number of hydrogen-bond acceptors (Lipinski definition) is 2. The van der Waals surface area contributed by atoms with E-state index >= 15 is 0 Å². The summed E-state index contributed by atoms with van der Waals surface area (Å²) in [5.41, 5.74) is 2.40. The van der Waals surface area contributed by atoms with Crippen molar-refractivity contribution in [2.24, 2.45) is 0 Å². The van der Waals surface area contributed by atoms with Crippen LogP contribution in [-0.2, 0) is 16.0 Å². The Morgan fingerprint density at radius 2 is 2.07 bits per heavy atom. The molecule has 1 fully saturated rings. The summed E-state index contributed by atoms with van der Waals surface area (Å²) in [4.78, 5) is 11.5. The van der Waals surface area contributed by atoms with E-state index in [0.29, 0.717) is 6.61 Å². The highest BCUT2D eigenvalue weighted by Gasteiger charge is 2.25. The lowest BCUT2D eigenvalue weighted by Crippen LogP contribution is -2.22. The molecule has 0 aromatic heterocycles. The van der Waals surface area contributed by atoms with Gasteiger partial charge in [0.25, 0.3) is 0 Å². The second kappa shape index (κ2) is 4.47. The minimum absolute atomic E-state index is 0.0374. The fourth-order valence-electron chi connectivity index (χ4n) is 1.97. The zero-order valence-corrected chi connectivity index (χ0v) is 9.03. The molecule has 1 unspecified atom stereocenters. The predicted octanol–water partition coefficient (Wildman–Crippen LogP) is 2.67. The standard InChI is InChI=1S/C13H16O2/c1-2-10-5-7-11(8-6-10)12-4-3-9-15-13(12)14/h5-8,12H,2-4,9H2,1H3. The van der Waals surface area contributed by atoms with Crippen LogP contribution in [0.15, 0.2) is 24.3 Å². The molecule has 0 spiro atoms. The van der Waals surface area contributed by atoms with E-state index in [1.807, 2.05) is 0 Å². The summed E-state index contributed by atoms with van der Waals surface area (Å²) in [7, 11) is 0. The van der Waals surface area contributed by atoms with Crippen molar-refractivity contribution in [3.05, 3.63) is 35.4 Å². The summed E-state index contributed by atoms with van der Waals surface area (Å²) in [5.74, 6) is -0.102. The highest BCUT2D eigenvalue weighted by atomic mass is 16.5. The summed E-state index contributed by atoms with van der Waals surface area (Å²) >= 11 is 0. The number of cyclic esters (lactones) is 1. The Kier molecular flexibility index (Phi) is 3.05. The Morgan fingerprint density at radius 3 is 2.67 bits per heavy atom. The van der Waals surface area contributed by atoms with Gasteiger partial charge in [-0.3, -0.25) is 4.79 Å². The molecule has 0 radical (unpaired) electrons. The topological polar surface area (TPSA) is 26.3 Å². The summed E-state index contributed by atoms with van der Waals surface area (Å²) in [6, 6.07) is 8.29. The number of hydrogen-bond donors (Lipinski definition) is 0. The van der Waals surface area contributed by atoms with Gasteiger partial charge in [-0.2, -0.15) is 0 Å². The van der Waals surface area contributed by atoms with E-state index in [2.05, 4.69) is 31.2 Å². The molecule has 0 saturated carbocycles. The van der Waals surface area contributed by atoms with E-state index in [9.17, 15) is 4.79 Å². The van der Waals surface area contributed by atoms with Gasteiger partial charge in [0.1, 0.15) is 0 Å². The molecule has 2 heteroatoms. The lowest BCUT2D eigenvalue weighted by Gasteiger charge is -2.21. The van der Waals surface area contributed by atoms with E-state index in [4.69, 9.17) is 4.74 Å². The van der Waals surface area contributed by atoms with E-state index in [1.54, 1.807) is 0 Å². The third-order valence-electron chi connectivity index (χ3n) is 2.96. The van der Waals surface area contributed by atoms with Crippen LogP contribution in [0.3, 0.4) is 0 Å². The average molecular weight is 204 g/mol. The van der Waals surface area contributed by atoms with E-state index in [0.717, 1.165) is 24.8 Å². The predicted molar refractivity (Wildman–Crippen MR) is 58.8 cm³/mol. The number of rotatable bonds is 2. The maximum atomic E-state index is 11.5. The monoisotopic (exact) mass is 204 g/mol. The number of benzene rings is 1. The first kappa shape index (κ1) is 10.2. The third kappa shape index (κ3) is 2.20. The van der Waals surface area contributed by atoms with Crippen LogP contribution in [-0.4, -0.2) is 12.6 Å². The molecule has 1 aliphatic heterocycles. The van der Waals surface area contributed by atoms with Gasteiger partial charge in [0.2, 0.25) is 0 Å². The zero-order valence-electron chi connectivity index (χ0n) is 9.03. The van der Waals surface area contributed by atoms with Gasteiger partial charge < -0.3 is 4.74 Å². The SMILES string of the molecule is CCc1ccc(C2CCCOC2=O)cc1. The third-order valence-corrected chi connectivity index (χ3v) is 2.96. The Balaban J connectivity index is 2.17. The quantitative estimate of drug-likeness (QED) is 0.692. The lowest BCUT2D eigenvalue weighted by atomic mass is 9.92. The van der Waals surface area contributed by atoms with Crippen LogP contribution < -0.4 is 0 Å². The van der Waals surface area contributed by atoms with Crippen molar-refractivity contribution < 1.29 is 9.53 Å². The summed E-state index contributed by atoms with van der Waals surface area (Å²) in [6.45, 7) is 2.71. The van der Waals surface area contributed by atoms with Gasteiger partial charge in [-0.25, -0.2) is 0 Å². The molecule has 1 saturated heterocycles. The largest absolute Gasteiger partial charge is 0.465 e. The first-order valence-electron chi connectivity index (χ1n) is 5.56. The fraction of sp³-hybridized carbons (Fsp3) is 0.462. The summed E-state index contributed by atoms with van der Waals surface area (Å²) in [5, 5.41) is 0. The van der Waals surface area contributed by atoms with Crippen LogP contribution in [0.5, 0.6) is 0 Å². The Bertz CT molecular complexity index is 340. The molecule has 1 aromatic rings. The van der Waals surface area contributed by atoms with Crippen LogP contribution in [0.25, 0.3) is 0 Å². The van der Waals surface area contributed by atoms with Gasteiger partial charge in [0, 0.05) is 0 Å². The fourth-order valence-corrected chi connectivity index (χ4v) is 1.97. The summed E-state index contributed by atoms with van der Waals surface area (Å²) < 4.78 is 5.06. The van der Waals surface area contributed by atoms with Crippen molar-refractivity contribution in [3.8, 4) is 0 Å². The highest BCUT2D eigenvalue weighted by Crippen LogP contribution is 2.26. The first-order chi connectivity index (χ1) is 7.31. The van der Waals surface area contributed by atoms with Gasteiger partial charge in [-0.05, 0) is 30.4 Å². The molecule has 0 bridgehead atoms. The number of aryl methyl sites for hydroxylation is 1. The minimum atomic E-state index is -0.0644. The average Bonchev–Trinajstić information content (AvgIpc) is 2.30. The Morgan fingerprint density at radius 1 is 1.33 bits per heavy atom. The number of esters is 1. The van der Waals surface area contributed by atoms with Gasteiger partial charge >= 0.3 is 5.97 Å². The van der Waals surface area contributed by atoms with Crippen molar-refractivity contribution in [2.45, 2.75) is 32.1 Å². The van der Waals surface area contributed by atoms with Gasteiger partial charge in [0.15, 0.2) is 0 Å². The zero-order chi connectivity index (χ0) is 10.7. The second-order valence-corrected chi connectivity index (χ2v) is 3.96. The molecule has 0 amide bonds. The molecule has 2 nitrogen and oxygen atoms in total. The van der Waals surface area contributed by atoms with Crippen LogP contribution in [0.2, 0.25) is 0 Å². The molecule has 1 aromatic carbocycles. The second-order valence-electron chi connectivity index (χ2n) is 3.96. The molecular formula is C13H16O2. The van der Waals surface area contributed by atoms with Crippen molar-refractivity contribution in [1.29, 1.82) is 0 Å². The van der Waals surface area contributed by atoms with Gasteiger partial charge in [0.05, 0.1) is 12.5 Å². The van der Waals surface area contributed by atoms with E-state index < -0.39 is 0 Å². The Hall–Kier alpha value is -1.31. The van der Waals surface area contributed by atoms with Crippen molar-refractivity contribution >= 4 is 5.97 Å². The minimum Gasteiger partial charge on any atom is -0.465 e. The van der Waals surface area contributed by atoms with E-state index in [-0.39, 0.29) is 11.9 Å². The van der Waals surface area contributed by atoms with Crippen LogP contribution in [0.4, 0.5) is 0 Å². The van der Waals surface area contributed by atoms with Gasteiger partial charge in [-0.1, -0.05) is 31.2 Å². The summed E-state index contributed by atoms with van der Waals surface area (Å²) in [6.07, 6.45) is 2.94. The maximum Gasteiger partial charge on any atom is 0.313 e. The number of ether oxygens (including phenoxy) is 1. The molecule has 1 heterocycles. The smallest absolute Gasteiger partial charge is 0.313 e. The first-order valence-corrected chi connectivity index (χ1v) is 5.56. The highest BCUT2D eigenvalue weighted by molar-refractivity contribution is 5.78. The van der Waals surface area contributed by atoms with Crippen LogP contribution >= 0.6 is 0 Å². The molecular weight excluding hydrogens is 188 g/mol. The molecule has 2 rings (SSSR count). The number of carbonyl (C=O) groups is 1.